The van der Waals surface area contributed by atoms with Gasteiger partial charge in [-0.25, -0.2) is 0 Å². The first kappa shape index (κ1) is 16.9. The Bertz CT molecular complexity index is 260. The predicted octanol–water partition coefficient (Wildman–Crippen LogP) is 5.37. The summed E-state index contributed by atoms with van der Waals surface area (Å²) in [6, 6.07) is 0. The molecule has 1 N–H and O–H groups in total. The minimum absolute atomic E-state index is 1.10. The van der Waals surface area contributed by atoms with E-state index in [9.17, 15) is 4.78 Å². The molecule has 0 saturated heterocycles. The number of rotatable bonds is 10. The average molecular weight is 260 g/mol. The molecule has 0 spiro atoms. The molecule has 0 aromatic heterocycles. The molecule has 104 valence electrons. The van der Waals surface area contributed by atoms with E-state index in [0.717, 1.165) is 17.3 Å². The van der Waals surface area contributed by atoms with E-state index in [4.69, 9.17) is 0 Å². The molecule has 1 nitrogen and oxygen atoms in total. The highest BCUT2D eigenvalue weighted by Crippen LogP contribution is 2.38. The maximum Gasteiger partial charge on any atom is -0.00930 e. The lowest BCUT2D eigenvalue weighted by Gasteiger charge is -2.48. The number of hydrogen-bond acceptors (Lipinski definition) is 1. The molecule has 0 aromatic carbocycles. The quantitative estimate of drug-likeness (QED) is 0.545. The van der Waals surface area contributed by atoms with Crippen molar-refractivity contribution in [3.05, 3.63) is 11.5 Å². The molecular weight excluding hydrogens is 226 g/mol. The van der Waals surface area contributed by atoms with Crippen LogP contribution in [-0.4, -0.2) is 17.3 Å². The van der Waals surface area contributed by atoms with Crippen molar-refractivity contribution in [2.24, 2.45) is 0 Å². The molecule has 0 unspecified atom stereocenters. The van der Waals surface area contributed by atoms with Gasteiger partial charge in [0.05, 0.1) is 0 Å². The normalized spacial score (nSPS) is 14.2. The summed E-state index contributed by atoms with van der Waals surface area (Å²) in [5.74, 6) is 3.30. The van der Waals surface area contributed by atoms with Crippen LogP contribution in [0.15, 0.2) is 11.5 Å². The largest absolute Gasteiger partial charge is 0.294 e. The molecule has 0 radical (unpaired) electrons. The summed E-state index contributed by atoms with van der Waals surface area (Å²) in [6.07, 6.45) is 7.22. The van der Waals surface area contributed by atoms with Crippen molar-refractivity contribution in [2.45, 2.75) is 66.2 Å². The van der Waals surface area contributed by atoms with Crippen LogP contribution in [-0.2, 0) is 8.96 Å². The fourth-order valence-electron chi connectivity index (χ4n) is 2.31. The van der Waals surface area contributed by atoms with Gasteiger partial charge in [-0.3, -0.25) is 4.78 Å². The molecule has 0 aliphatic carbocycles. The van der Waals surface area contributed by atoms with Gasteiger partial charge < -0.3 is 0 Å². The van der Waals surface area contributed by atoms with Crippen molar-refractivity contribution in [3.8, 4) is 0 Å². The third kappa shape index (κ3) is 4.57. The monoisotopic (exact) mass is 259 g/mol. The fourth-order valence-corrected chi connectivity index (χ4v) is 6.92. The van der Waals surface area contributed by atoms with E-state index in [1.54, 1.807) is 0 Å². The van der Waals surface area contributed by atoms with Gasteiger partial charge in [0.1, 0.15) is 0 Å². The number of nitrogens with one attached hydrogen (secondary N) is 1. The first-order valence-electron chi connectivity index (χ1n) is 7.25. The average Bonchev–Trinajstić information content (AvgIpc) is 2.32. The highest BCUT2D eigenvalue weighted by atomic mass is 32.3. The molecule has 0 aliphatic heterocycles. The third-order valence-electron chi connectivity index (χ3n) is 3.89. The fraction of sp³-hybridized carbons (Fsp3) is 0.867. The number of hydrogen-bond donors (Lipinski definition) is 1. The maximum absolute atomic E-state index is 9.24. The van der Waals surface area contributed by atoms with Gasteiger partial charge in [0.15, 0.2) is 0 Å². The molecular formula is C15H33NS. The molecule has 0 bridgehead atoms. The molecule has 0 rings (SSSR count). The van der Waals surface area contributed by atoms with Crippen LogP contribution in [0.3, 0.4) is 0 Å². The Morgan fingerprint density at radius 1 is 0.882 bits per heavy atom. The minimum Gasteiger partial charge on any atom is -0.294 e. The van der Waals surface area contributed by atoms with Crippen LogP contribution in [0, 0.1) is 4.78 Å². The predicted molar refractivity (Wildman–Crippen MR) is 84.2 cm³/mol. The van der Waals surface area contributed by atoms with Gasteiger partial charge in [-0.1, -0.05) is 46.6 Å². The number of unbranched alkanes of at least 4 members (excludes halogenated alkanes) is 3. The van der Waals surface area contributed by atoms with Crippen LogP contribution in [0.4, 0.5) is 0 Å². The van der Waals surface area contributed by atoms with Gasteiger partial charge in [-0.15, -0.1) is 0 Å². The van der Waals surface area contributed by atoms with E-state index in [-0.39, 0.29) is 0 Å². The van der Waals surface area contributed by atoms with Crippen molar-refractivity contribution >= 4 is 8.96 Å². The summed E-state index contributed by atoms with van der Waals surface area (Å²) in [5, 5.41) is 0. The van der Waals surface area contributed by atoms with E-state index in [1.165, 1.54) is 43.4 Å². The topological polar surface area (TPSA) is 23.9 Å². The van der Waals surface area contributed by atoms with Crippen molar-refractivity contribution in [1.82, 2.24) is 0 Å². The maximum atomic E-state index is 9.24. The van der Waals surface area contributed by atoms with Crippen LogP contribution >= 0.6 is 0 Å². The Labute approximate surface area is 109 Å². The Balaban J connectivity index is 5.06. The summed E-state index contributed by atoms with van der Waals surface area (Å²) < 4.78 is 9.24. The highest BCUT2D eigenvalue weighted by molar-refractivity contribution is 8.23. The Morgan fingerprint density at radius 3 is 1.35 bits per heavy atom. The van der Waals surface area contributed by atoms with E-state index >= 15 is 0 Å². The molecule has 17 heavy (non-hydrogen) atoms. The molecule has 0 fully saturated rings. The van der Waals surface area contributed by atoms with Gasteiger partial charge >= 0.3 is 0 Å². The summed E-state index contributed by atoms with van der Waals surface area (Å²) in [7, 11) is -2.09. The van der Waals surface area contributed by atoms with Gasteiger partial charge in [0.2, 0.25) is 0 Å². The van der Waals surface area contributed by atoms with Crippen molar-refractivity contribution in [1.29, 1.82) is 4.78 Å². The van der Waals surface area contributed by atoms with E-state index in [0.29, 0.717) is 0 Å². The van der Waals surface area contributed by atoms with Gasteiger partial charge in [-0.2, -0.15) is 8.96 Å². The summed E-state index contributed by atoms with van der Waals surface area (Å²) in [6.45, 7) is 13.0. The van der Waals surface area contributed by atoms with Crippen molar-refractivity contribution < 1.29 is 0 Å². The molecule has 0 atom stereocenters. The smallest absolute Gasteiger partial charge is 0.00930 e. The SMILES string of the molecule is C=C(C)S(=N)(CCCC)(CCCC)CCCC. The van der Waals surface area contributed by atoms with Crippen molar-refractivity contribution in [3.63, 3.8) is 0 Å². The zero-order chi connectivity index (χ0) is 13.4. The molecule has 0 heterocycles. The van der Waals surface area contributed by atoms with Gasteiger partial charge in [0.25, 0.3) is 0 Å². The van der Waals surface area contributed by atoms with Gasteiger partial charge in [0, 0.05) is 0 Å². The van der Waals surface area contributed by atoms with E-state index in [2.05, 4.69) is 34.3 Å². The molecule has 2 heteroatoms. The second kappa shape index (κ2) is 7.35. The minimum atomic E-state index is -2.09. The lowest BCUT2D eigenvalue weighted by atomic mass is 10.4. The van der Waals surface area contributed by atoms with E-state index < -0.39 is 8.96 Å². The molecule has 0 amide bonds. The summed E-state index contributed by atoms with van der Waals surface area (Å²) in [4.78, 5) is 1.19. The standard InChI is InChI=1S/C15H33NS/c1-6-9-12-17(16,15(4)5,13-10-7-2)14-11-8-3/h16H,4,6-14H2,1-3,5H3. The summed E-state index contributed by atoms with van der Waals surface area (Å²) in [5.41, 5.74) is 0. The van der Waals surface area contributed by atoms with Crippen LogP contribution in [0.5, 0.6) is 0 Å². The lowest BCUT2D eigenvalue weighted by Crippen LogP contribution is -2.42. The third-order valence-corrected chi connectivity index (χ3v) is 9.54. The van der Waals surface area contributed by atoms with Crippen LogP contribution in [0.1, 0.15) is 66.2 Å². The summed E-state index contributed by atoms with van der Waals surface area (Å²) >= 11 is 0. The van der Waals surface area contributed by atoms with Crippen molar-refractivity contribution in [2.75, 3.05) is 17.3 Å². The zero-order valence-corrected chi connectivity index (χ0v) is 13.3. The highest BCUT2D eigenvalue weighted by Gasteiger charge is 2.31. The Kier molecular flexibility index (Phi) is 7.30. The van der Waals surface area contributed by atoms with Crippen LogP contribution < -0.4 is 0 Å². The zero-order valence-electron chi connectivity index (χ0n) is 12.5. The van der Waals surface area contributed by atoms with Gasteiger partial charge in [-0.05, 0) is 48.3 Å². The van der Waals surface area contributed by atoms with Crippen LogP contribution in [0.25, 0.3) is 0 Å². The first-order chi connectivity index (χ1) is 7.93. The lowest BCUT2D eigenvalue weighted by molar-refractivity contribution is 0.836. The van der Waals surface area contributed by atoms with E-state index in [1.807, 2.05) is 0 Å². The van der Waals surface area contributed by atoms with Crippen LogP contribution in [0.2, 0.25) is 0 Å². The number of allylic oxidation sites excluding steroid dienone is 1. The molecule has 0 saturated carbocycles. The molecule has 0 aliphatic rings. The molecule has 0 aromatic rings. The second-order valence-corrected chi connectivity index (χ2v) is 10.5. The Hall–Kier alpha value is -0.110. The first-order valence-corrected chi connectivity index (χ1v) is 9.80. The Morgan fingerprint density at radius 2 is 1.18 bits per heavy atom. The second-order valence-electron chi connectivity index (χ2n) is 5.46.